The summed E-state index contributed by atoms with van der Waals surface area (Å²) >= 11 is 5.10. The third kappa shape index (κ3) is 5.63. The van der Waals surface area contributed by atoms with Gasteiger partial charge in [0.15, 0.2) is 4.90 Å². The summed E-state index contributed by atoms with van der Waals surface area (Å²) in [6.45, 7) is 1.18. The fourth-order valence-electron chi connectivity index (χ4n) is 2.60. The molecule has 0 fully saturated rings. The Hall–Kier alpha value is -2.21. The van der Waals surface area contributed by atoms with Gasteiger partial charge in [0.25, 0.3) is 0 Å². The molecule has 140 valence electrons. The minimum atomic E-state index is -0.961. The van der Waals surface area contributed by atoms with Crippen LogP contribution in [0.5, 0.6) is 0 Å². The molecule has 3 aromatic carbocycles. The highest BCUT2D eigenvalue weighted by Crippen LogP contribution is 2.21. The summed E-state index contributed by atoms with van der Waals surface area (Å²) in [5, 5.41) is 7.08. The molecule has 0 aromatic heterocycles. The molecule has 0 spiro atoms. The van der Waals surface area contributed by atoms with Gasteiger partial charge in [0, 0.05) is 29.5 Å². The zero-order valence-corrected chi connectivity index (χ0v) is 16.4. The Morgan fingerprint density at radius 3 is 2.22 bits per heavy atom. The topological polar surface area (TPSA) is 47.1 Å². The van der Waals surface area contributed by atoms with E-state index in [1.165, 1.54) is 12.1 Å². The van der Waals surface area contributed by atoms with Crippen LogP contribution < -0.4 is 10.6 Å². The largest absolute Gasteiger partial charge is 0.612 e. The molecule has 3 aromatic rings. The SMILES string of the molecule is C[S+]([O-])c1ccc(CNc2cccc(NCc3ccc(F)cc3Cl)c2)cc1. The van der Waals surface area contributed by atoms with Crippen molar-refractivity contribution in [2.24, 2.45) is 0 Å². The first kappa shape index (κ1) is 19.5. The third-order valence-electron chi connectivity index (χ3n) is 4.11. The molecule has 3 nitrogen and oxygen atoms in total. The fraction of sp³-hybridized carbons (Fsp3) is 0.143. The Morgan fingerprint density at radius 1 is 0.926 bits per heavy atom. The monoisotopic (exact) mass is 402 g/mol. The van der Waals surface area contributed by atoms with E-state index >= 15 is 0 Å². The van der Waals surface area contributed by atoms with Crippen molar-refractivity contribution in [3.63, 3.8) is 0 Å². The maximum atomic E-state index is 13.1. The fourth-order valence-corrected chi connectivity index (χ4v) is 3.36. The van der Waals surface area contributed by atoms with E-state index in [0.29, 0.717) is 18.1 Å². The highest BCUT2D eigenvalue weighted by Gasteiger charge is 2.04. The van der Waals surface area contributed by atoms with Crippen molar-refractivity contribution in [2.75, 3.05) is 16.9 Å². The number of nitrogens with one attached hydrogen (secondary N) is 2. The first-order chi connectivity index (χ1) is 13.0. The second-order valence-electron chi connectivity index (χ2n) is 6.12. The summed E-state index contributed by atoms with van der Waals surface area (Å²) in [7, 11) is 0. The van der Waals surface area contributed by atoms with Crippen molar-refractivity contribution < 1.29 is 8.94 Å². The molecule has 0 aliphatic heterocycles. The number of hydrogen-bond donors (Lipinski definition) is 2. The smallest absolute Gasteiger partial charge is 0.152 e. The molecule has 6 heteroatoms. The normalized spacial score (nSPS) is 11.9. The van der Waals surface area contributed by atoms with Crippen molar-refractivity contribution in [2.45, 2.75) is 18.0 Å². The molecule has 2 N–H and O–H groups in total. The second kappa shape index (κ2) is 9.13. The van der Waals surface area contributed by atoms with E-state index in [9.17, 15) is 8.94 Å². The van der Waals surface area contributed by atoms with E-state index in [-0.39, 0.29) is 5.82 Å². The Kier molecular flexibility index (Phi) is 6.61. The van der Waals surface area contributed by atoms with Crippen LogP contribution >= 0.6 is 11.6 Å². The molecule has 27 heavy (non-hydrogen) atoms. The first-order valence-electron chi connectivity index (χ1n) is 8.45. The van der Waals surface area contributed by atoms with E-state index in [2.05, 4.69) is 10.6 Å². The van der Waals surface area contributed by atoms with Gasteiger partial charge in [-0.15, -0.1) is 0 Å². The minimum Gasteiger partial charge on any atom is -0.612 e. The third-order valence-corrected chi connectivity index (χ3v) is 5.40. The maximum Gasteiger partial charge on any atom is 0.152 e. The quantitative estimate of drug-likeness (QED) is 0.517. The van der Waals surface area contributed by atoms with Gasteiger partial charge in [-0.25, -0.2) is 4.39 Å². The van der Waals surface area contributed by atoms with Crippen LogP contribution in [0.2, 0.25) is 5.02 Å². The Bertz CT molecular complexity index is 903. The standard InChI is InChI=1S/C21H20ClFN2OS/c1-27(26)20-9-5-15(6-10-20)13-24-18-3-2-4-19(12-18)25-14-16-7-8-17(23)11-21(16)22/h2-12,24-25H,13-14H2,1H3. The van der Waals surface area contributed by atoms with Gasteiger partial charge in [-0.3, -0.25) is 0 Å². The summed E-state index contributed by atoms with van der Waals surface area (Å²) in [6.07, 6.45) is 1.67. The Balaban J connectivity index is 1.58. The van der Waals surface area contributed by atoms with Gasteiger partial charge >= 0.3 is 0 Å². The van der Waals surface area contributed by atoms with Crippen LogP contribution in [0.3, 0.4) is 0 Å². The van der Waals surface area contributed by atoms with Crippen molar-refractivity contribution in [3.8, 4) is 0 Å². The maximum absolute atomic E-state index is 13.1. The van der Waals surface area contributed by atoms with Crippen LogP contribution in [0.25, 0.3) is 0 Å². The van der Waals surface area contributed by atoms with E-state index < -0.39 is 11.2 Å². The Labute approximate surface area is 166 Å². The summed E-state index contributed by atoms with van der Waals surface area (Å²) in [6, 6.07) is 20.0. The zero-order chi connectivity index (χ0) is 19.2. The predicted octanol–water partition coefficient (Wildman–Crippen LogP) is 5.44. The van der Waals surface area contributed by atoms with Crippen molar-refractivity contribution in [1.29, 1.82) is 0 Å². The average molecular weight is 403 g/mol. The van der Waals surface area contributed by atoms with Crippen LogP contribution in [0.4, 0.5) is 15.8 Å². The van der Waals surface area contributed by atoms with Gasteiger partial charge in [0.05, 0.1) is 0 Å². The number of benzene rings is 3. The molecule has 1 atom stereocenters. The number of halogens is 2. The van der Waals surface area contributed by atoms with Gasteiger partial charge in [0.2, 0.25) is 0 Å². The number of anilines is 2. The predicted molar refractivity (Wildman–Crippen MR) is 111 cm³/mol. The van der Waals surface area contributed by atoms with Crippen LogP contribution in [0, 0.1) is 5.82 Å². The van der Waals surface area contributed by atoms with E-state index in [1.54, 1.807) is 12.3 Å². The van der Waals surface area contributed by atoms with E-state index in [4.69, 9.17) is 11.6 Å². The molecule has 3 rings (SSSR count). The zero-order valence-electron chi connectivity index (χ0n) is 14.8. The molecule has 0 saturated heterocycles. The van der Waals surface area contributed by atoms with Crippen molar-refractivity contribution in [3.05, 3.63) is 88.7 Å². The molecule has 0 saturated carbocycles. The molecule has 0 bridgehead atoms. The summed E-state index contributed by atoms with van der Waals surface area (Å²) < 4.78 is 24.6. The number of rotatable bonds is 7. The van der Waals surface area contributed by atoms with Gasteiger partial charge in [-0.2, -0.15) is 0 Å². The molecule has 0 aliphatic carbocycles. The highest BCUT2D eigenvalue weighted by molar-refractivity contribution is 7.90. The Morgan fingerprint density at radius 2 is 1.59 bits per heavy atom. The first-order valence-corrected chi connectivity index (χ1v) is 10.4. The molecular formula is C21H20ClFN2OS. The van der Waals surface area contributed by atoms with Crippen LogP contribution in [-0.2, 0) is 24.3 Å². The molecule has 0 amide bonds. The van der Waals surface area contributed by atoms with Crippen LogP contribution in [0.1, 0.15) is 11.1 Å². The average Bonchev–Trinajstić information content (AvgIpc) is 2.66. The summed E-state index contributed by atoms with van der Waals surface area (Å²) in [5.41, 5.74) is 3.87. The number of hydrogen-bond acceptors (Lipinski definition) is 3. The summed E-state index contributed by atoms with van der Waals surface area (Å²) in [4.78, 5) is 0.824. The molecule has 0 radical (unpaired) electrons. The lowest BCUT2D eigenvalue weighted by Crippen LogP contribution is -2.03. The minimum absolute atomic E-state index is 0.340. The lowest BCUT2D eigenvalue weighted by atomic mass is 10.2. The van der Waals surface area contributed by atoms with E-state index in [0.717, 1.165) is 27.4 Å². The highest BCUT2D eigenvalue weighted by atomic mass is 35.5. The van der Waals surface area contributed by atoms with Crippen molar-refractivity contribution >= 4 is 34.2 Å². The van der Waals surface area contributed by atoms with Crippen molar-refractivity contribution in [1.82, 2.24) is 0 Å². The second-order valence-corrected chi connectivity index (χ2v) is 7.91. The molecular weight excluding hydrogens is 383 g/mol. The van der Waals surface area contributed by atoms with Gasteiger partial charge in [0.1, 0.15) is 12.1 Å². The molecule has 0 heterocycles. The van der Waals surface area contributed by atoms with E-state index in [1.807, 2.05) is 48.5 Å². The van der Waals surface area contributed by atoms with Crippen LogP contribution in [0.15, 0.2) is 71.6 Å². The van der Waals surface area contributed by atoms with Gasteiger partial charge < -0.3 is 15.2 Å². The molecule has 0 aliphatic rings. The lowest BCUT2D eigenvalue weighted by Gasteiger charge is -2.12. The van der Waals surface area contributed by atoms with Gasteiger partial charge in [-0.1, -0.05) is 35.9 Å². The molecule has 1 unspecified atom stereocenters. The van der Waals surface area contributed by atoms with Crippen LogP contribution in [-0.4, -0.2) is 10.8 Å². The summed E-state index contributed by atoms with van der Waals surface area (Å²) in [5.74, 6) is -0.340. The van der Waals surface area contributed by atoms with Gasteiger partial charge in [-0.05, 0) is 64.8 Å². The lowest BCUT2D eigenvalue weighted by molar-refractivity contribution is 0.601.